The second-order valence-electron chi connectivity index (χ2n) is 5.85. The van der Waals surface area contributed by atoms with Gasteiger partial charge in [0.15, 0.2) is 12.4 Å². The number of benzene rings is 2. The SMILES string of the molecule is O=C(N[n+]1ccccc1)c1ccc(NCc2ccc(OC(F)(F)F)cc2)cc1. The summed E-state index contributed by atoms with van der Waals surface area (Å²) in [6.45, 7) is 0.414. The van der Waals surface area contributed by atoms with Gasteiger partial charge in [0.05, 0.1) is 0 Å². The van der Waals surface area contributed by atoms with Crippen molar-refractivity contribution in [3.8, 4) is 5.75 Å². The number of pyridine rings is 1. The van der Waals surface area contributed by atoms with Crippen LogP contribution in [0.2, 0.25) is 0 Å². The second-order valence-corrected chi connectivity index (χ2v) is 5.85. The van der Waals surface area contributed by atoms with Crippen molar-refractivity contribution in [3.63, 3.8) is 0 Å². The van der Waals surface area contributed by atoms with E-state index in [1.54, 1.807) is 65.6 Å². The molecule has 0 bridgehead atoms. The molecule has 144 valence electrons. The molecule has 0 aliphatic carbocycles. The number of alkyl halides is 3. The van der Waals surface area contributed by atoms with E-state index in [1.807, 2.05) is 6.07 Å². The first-order chi connectivity index (χ1) is 13.4. The first kappa shape index (κ1) is 19.2. The summed E-state index contributed by atoms with van der Waals surface area (Å²) in [7, 11) is 0. The lowest BCUT2D eigenvalue weighted by atomic mass is 10.2. The van der Waals surface area contributed by atoms with E-state index in [2.05, 4.69) is 15.5 Å². The molecule has 1 amide bonds. The van der Waals surface area contributed by atoms with Gasteiger partial charge in [-0.25, -0.2) is 0 Å². The van der Waals surface area contributed by atoms with Crippen molar-refractivity contribution in [2.75, 3.05) is 10.7 Å². The first-order valence-corrected chi connectivity index (χ1v) is 8.35. The standard InChI is InChI=1S/C20H16F3N3O2/c21-20(22,23)28-18-10-4-15(5-11-18)14-24-17-8-6-16(7-9-17)19(27)25-26-12-2-1-3-13-26/h1-13H,14H2,(H-,24,25,27)/p+1. The molecule has 0 spiro atoms. The largest absolute Gasteiger partial charge is 0.573 e. The molecule has 28 heavy (non-hydrogen) atoms. The van der Waals surface area contributed by atoms with E-state index in [4.69, 9.17) is 0 Å². The maximum absolute atomic E-state index is 12.2. The molecule has 2 N–H and O–H groups in total. The highest BCUT2D eigenvalue weighted by Crippen LogP contribution is 2.23. The molecule has 0 aliphatic rings. The molecule has 0 unspecified atom stereocenters. The van der Waals surface area contributed by atoms with Crippen LogP contribution in [0.3, 0.4) is 0 Å². The molecule has 0 saturated heterocycles. The van der Waals surface area contributed by atoms with Gasteiger partial charge >= 0.3 is 12.3 Å². The summed E-state index contributed by atoms with van der Waals surface area (Å²) in [6, 6.07) is 17.9. The van der Waals surface area contributed by atoms with Gasteiger partial charge in [0.2, 0.25) is 0 Å². The predicted molar refractivity (Wildman–Crippen MR) is 97.2 cm³/mol. The van der Waals surface area contributed by atoms with Crippen LogP contribution in [0.15, 0.2) is 79.1 Å². The number of anilines is 1. The zero-order valence-corrected chi connectivity index (χ0v) is 14.6. The van der Waals surface area contributed by atoms with Gasteiger partial charge < -0.3 is 10.1 Å². The monoisotopic (exact) mass is 388 g/mol. The van der Waals surface area contributed by atoms with Crippen LogP contribution in [-0.4, -0.2) is 12.3 Å². The van der Waals surface area contributed by atoms with Gasteiger partial charge in [-0.15, -0.1) is 18.6 Å². The number of nitrogens with zero attached hydrogens (tertiary/aromatic N) is 1. The summed E-state index contributed by atoms with van der Waals surface area (Å²) in [4.78, 5) is 12.2. The van der Waals surface area contributed by atoms with Gasteiger partial charge in [0, 0.05) is 29.9 Å². The summed E-state index contributed by atoms with van der Waals surface area (Å²) in [5.74, 6) is -0.508. The molecule has 5 nitrogen and oxygen atoms in total. The summed E-state index contributed by atoms with van der Waals surface area (Å²) < 4.78 is 41.9. The van der Waals surface area contributed by atoms with Gasteiger partial charge in [-0.2, -0.15) is 0 Å². The maximum atomic E-state index is 12.2. The summed E-state index contributed by atoms with van der Waals surface area (Å²) in [5.41, 5.74) is 4.78. The maximum Gasteiger partial charge on any atom is 0.573 e. The fraction of sp³-hybridized carbons (Fsp3) is 0.100. The minimum atomic E-state index is -4.70. The predicted octanol–water partition coefficient (Wildman–Crippen LogP) is 3.87. The lowest BCUT2D eigenvalue weighted by molar-refractivity contribution is -0.641. The number of ether oxygens (including phenoxy) is 1. The summed E-state index contributed by atoms with van der Waals surface area (Å²) in [6.07, 6.45) is -1.26. The van der Waals surface area contributed by atoms with Crippen LogP contribution in [0.5, 0.6) is 5.75 Å². The molecule has 8 heteroatoms. The van der Waals surface area contributed by atoms with Crippen LogP contribution < -0.4 is 20.2 Å². The van der Waals surface area contributed by atoms with Crippen LogP contribution in [-0.2, 0) is 6.54 Å². The van der Waals surface area contributed by atoms with Crippen LogP contribution >= 0.6 is 0 Å². The lowest BCUT2D eigenvalue weighted by Gasteiger charge is -2.10. The van der Waals surface area contributed by atoms with Crippen molar-refractivity contribution in [1.29, 1.82) is 0 Å². The zero-order chi connectivity index (χ0) is 20.0. The first-order valence-electron chi connectivity index (χ1n) is 8.35. The molecule has 3 aromatic rings. The molecular formula is C20H17F3N3O2+. The summed E-state index contributed by atoms with van der Waals surface area (Å²) >= 11 is 0. The van der Waals surface area contributed by atoms with E-state index < -0.39 is 6.36 Å². The van der Waals surface area contributed by atoms with Crippen molar-refractivity contribution in [2.45, 2.75) is 12.9 Å². The van der Waals surface area contributed by atoms with Crippen molar-refractivity contribution >= 4 is 11.6 Å². The van der Waals surface area contributed by atoms with Crippen molar-refractivity contribution in [1.82, 2.24) is 0 Å². The van der Waals surface area contributed by atoms with E-state index in [9.17, 15) is 18.0 Å². The number of hydrogen-bond donors (Lipinski definition) is 2. The number of carbonyl (C=O) groups is 1. The van der Waals surface area contributed by atoms with Gasteiger partial charge in [-0.3, -0.25) is 4.79 Å². The highest BCUT2D eigenvalue weighted by atomic mass is 19.4. The fourth-order valence-electron chi connectivity index (χ4n) is 2.41. The fourth-order valence-corrected chi connectivity index (χ4v) is 2.41. The summed E-state index contributed by atoms with van der Waals surface area (Å²) in [5, 5.41) is 3.14. The van der Waals surface area contributed by atoms with E-state index in [1.165, 1.54) is 12.1 Å². The topological polar surface area (TPSA) is 54.2 Å². The Morgan fingerprint density at radius 2 is 1.57 bits per heavy atom. The number of amides is 1. The van der Waals surface area contributed by atoms with Gasteiger partial charge in [0.25, 0.3) is 0 Å². The Balaban J connectivity index is 1.53. The van der Waals surface area contributed by atoms with Gasteiger partial charge in [0.1, 0.15) is 5.75 Å². The molecule has 0 atom stereocenters. The third-order valence-corrected chi connectivity index (χ3v) is 3.75. The Kier molecular flexibility index (Phi) is 5.78. The average Bonchev–Trinajstić information content (AvgIpc) is 2.67. The molecule has 0 saturated carbocycles. The Bertz CT molecular complexity index is 912. The Morgan fingerprint density at radius 3 is 2.18 bits per heavy atom. The minimum Gasteiger partial charge on any atom is -0.406 e. The number of aromatic nitrogens is 1. The van der Waals surface area contributed by atoms with E-state index in [-0.39, 0.29) is 11.7 Å². The van der Waals surface area contributed by atoms with Crippen molar-refractivity contribution < 1.29 is 27.4 Å². The Labute approximate surface area is 159 Å². The van der Waals surface area contributed by atoms with Crippen molar-refractivity contribution in [3.05, 3.63) is 90.3 Å². The second kappa shape index (κ2) is 8.43. The zero-order valence-electron chi connectivity index (χ0n) is 14.6. The third kappa shape index (κ3) is 5.73. The van der Waals surface area contributed by atoms with Crippen molar-refractivity contribution in [2.24, 2.45) is 0 Å². The normalized spacial score (nSPS) is 11.0. The quantitative estimate of drug-likeness (QED) is 0.631. The van der Waals surface area contributed by atoms with Gasteiger partial charge in [-0.1, -0.05) is 22.9 Å². The number of nitrogens with one attached hydrogen (secondary N) is 2. The van der Waals surface area contributed by atoms with Crippen LogP contribution in [0.1, 0.15) is 15.9 Å². The highest BCUT2D eigenvalue weighted by molar-refractivity contribution is 5.99. The highest BCUT2D eigenvalue weighted by Gasteiger charge is 2.30. The van der Waals surface area contributed by atoms with Gasteiger partial charge in [-0.05, 0) is 42.0 Å². The van der Waals surface area contributed by atoms with E-state index in [0.717, 1.165) is 11.3 Å². The smallest absolute Gasteiger partial charge is 0.406 e. The Morgan fingerprint density at radius 1 is 0.929 bits per heavy atom. The van der Waals surface area contributed by atoms with Crippen LogP contribution in [0.25, 0.3) is 0 Å². The molecule has 1 heterocycles. The number of carbonyl (C=O) groups excluding carboxylic acids is 1. The van der Waals surface area contributed by atoms with Crippen LogP contribution in [0, 0.1) is 0 Å². The lowest BCUT2D eigenvalue weighted by Crippen LogP contribution is -2.47. The Hall–Kier alpha value is -3.55. The molecule has 1 aromatic heterocycles. The minimum absolute atomic E-state index is 0.247. The van der Waals surface area contributed by atoms with Crippen LogP contribution in [0.4, 0.5) is 18.9 Å². The number of halogens is 3. The molecule has 0 radical (unpaired) electrons. The number of hydrogen-bond acceptors (Lipinski definition) is 3. The average molecular weight is 388 g/mol. The molecule has 3 rings (SSSR count). The third-order valence-electron chi connectivity index (χ3n) is 3.75. The molecule has 2 aromatic carbocycles. The van der Waals surface area contributed by atoms with E-state index >= 15 is 0 Å². The van der Waals surface area contributed by atoms with E-state index in [0.29, 0.717) is 12.1 Å². The molecular weight excluding hydrogens is 371 g/mol. The molecule has 0 aliphatic heterocycles. The molecule has 0 fully saturated rings. The number of rotatable bonds is 6.